The molecular weight excluding hydrogens is 790 g/mol. The molecule has 7 rings (SSSR count). The number of pyridine rings is 1. The van der Waals surface area contributed by atoms with Crippen molar-refractivity contribution in [1.29, 1.82) is 0 Å². The van der Waals surface area contributed by atoms with E-state index in [2.05, 4.69) is 32.6 Å². The van der Waals surface area contributed by atoms with Crippen molar-refractivity contribution in [1.82, 2.24) is 29.9 Å². The molecule has 2 fully saturated rings. The largest absolute Gasteiger partial charge is 0.482 e. The van der Waals surface area contributed by atoms with Crippen LogP contribution in [0.15, 0.2) is 55.0 Å². The summed E-state index contributed by atoms with van der Waals surface area (Å²) in [7, 11) is 0. The van der Waals surface area contributed by atoms with Crippen molar-refractivity contribution in [3.63, 3.8) is 0 Å². The summed E-state index contributed by atoms with van der Waals surface area (Å²) in [6.07, 6.45) is 7.29. The molecule has 2 aromatic heterocycles. The lowest BCUT2D eigenvalue weighted by Gasteiger charge is -2.32. The smallest absolute Gasteiger partial charge is 0.264 e. The average Bonchev–Trinajstić information content (AvgIpc) is 3.80. The van der Waals surface area contributed by atoms with Crippen LogP contribution in [0.25, 0.3) is 11.1 Å². The minimum absolute atomic E-state index is 0.0335. The zero-order valence-corrected chi connectivity index (χ0v) is 32.9. The van der Waals surface area contributed by atoms with Gasteiger partial charge in [-0.15, -0.1) is 11.8 Å². The first kappa shape index (κ1) is 40.2. The summed E-state index contributed by atoms with van der Waals surface area (Å²) in [6.45, 7) is 3.26. The van der Waals surface area contributed by atoms with E-state index >= 15 is 0 Å². The Kier molecular flexibility index (Phi) is 12.0. The first-order valence-electron chi connectivity index (χ1n) is 18.8. The predicted molar refractivity (Wildman–Crippen MR) is 213 cm³/mol. The van der Waals surface area contributed by atoms with Crippen LogP contribution in [-0.2, 0) is 14.4 Å². The Hall–Kier alpha value is -5.98. The number of nitrogens with zero attached hydrogens (tertiary/aromatic N) is 5. The Labute approximate surface area is 343 Å². The first-order chi connectivity index (χ1) is 27.9. The number of hydrogen-bond acceptors (Lipinski definition) is 10. The van der Waals surface area contributed by atoms with Crippen molar-refractivity contribution in [2.24, 2.45) is 0 Å². The maximum Gasteiger partial charge on any atom is 0.264 e. The second-order valence-corrected chi connectivity index (χ2v) is 14.9. The van der Waals surface area contributed by atoms with Crippen molar-refractivity contribution >= 4 is 64.2 Å². The zero-order chi connectivity index (χ0) is 41.1. The molecule has 2 aromatic carbocycles. The Balaban J connectivity index is 0.856. The number of fused-ring (bicyclic) bond motifs is 1. The molecule has 0 bridgehead atoms. The highest BCUT2D eigenvalue weighted by atomic mass is 35.5. The fraction of sp³-hybridized carbons (Fsp3) is 0.341. The Morgan fingerprint density at radius 3 is 2.60 bits per heavy atom. The topological polar surface area (TPSA) is 182 Å². The van der Waals surface area contributed by atoms with Gasteiger partial charge in [0.2, 0.25) is 17.7 Å². The quantitative estimate of drug-likeness (QED) is 0.0706. The number of rotatable bonds is 11. The van der Waals surface area contributed by atoms with Gasteiger partial charge in [-0.25, -0.2) is 9.37 Å². The van der Waals surface area contributed by atoms with E-state index in [0.29, 0.717) is 50.1 Å². The van der Waals surface area contributed by atoms with Crippen molar-refractivity contribution in [3.8, 4) is 28.7 Å². The van der Waals surface area contributed by atoms with Gasteiger partial charge in [0, 0.05) is 85.1 Å². The maximum absolute atomic E-state index is 14.1. The van der Waals surface area contributed by atoms with Gasteiger partial charge in [-0.05, 0) is 56.5 Å². The molecule has 5 heterocycles. The number of nitrogens with two attached hydrogens (primary N) is 1. The molecule has 14 nitrogen and oxygen atoms in total. The summed E-state index contributed by atoms with van der Waals surface area (Å²) in [6, 6.07) is 8.30. The number of likely N-dealkylation sites (tertiary alicyclic amines) is 1. The van der Waals surface area contributed by atoms with Crippen LogP contribution in [0.5, 0.6) is 5.75 Å². The van der Waals surface area contributed by atoms with Crippen molar-refractivity contribution in [3.05, 3.63) is 87.5 Å². The second kappa shape index (κ2) is 17.3. The number of benzene rings is 2. The lowest BCUT2D eigenvalue weighted by molar-refractivity contribution is -0.136. The van der Waals surface area contributed by atoms with E-state index in [0.717, 1.165) is 28.9 Å². The van der Waals surface area contributed by atoms with Crippen LogP contribution in [0.4, 0.5) is 15.9 Å². The highest BCUT2D eigenvalue weighted by Crippen LogP contribution is 2.37. The van der Waals surface area contributed by atoms with Gasteiger partial charge in [0.15, 0.2) is 11.6 Å². The van der Waals surface area contributed by atoms with E-state index in [4.69, 9.17) is 33.7 Å². The number of anilines is 2. The molecule has 4 N–H and O–H groups in total. The van der Waals surface area contributed by atoms with Gasteiger partial charge in [-0.2, -0.15) is 5.10 Å². The summed E-state index contributed by atoms with van der Waals surface area (Å²) in [4.78, 5) is 70.4. The SMILES string of the molecule is C[C@@H](Oc1cc(-c2cnn(C3CCN(C(=O)CCC#CCCNc4cccc5c4C(=O)N(C4CCC(=O)NC4=O)C5=O)CC3)c2)cnc1N)c1c(Cl)ccc(F)c1Cl. The number of halogens is 3. The number of aromatic nitrogens is 3. The van der Waals surface area contributed by atoms with E-state index < -0.39 is 41.6 Å². The standard InChI is InChI=1S/C41H39Cl2FN8O6/c1-23(35-28(42)10-11-29(44)37(35)43)58-32-19-24(20-47-38(32)45)25-21-48-51(22-25)26-14-17-50(18-15-26)34(54)9-4-2-3-5-16-46-30-8-6-7-27-36(30)41(57)52(40(27)56)31-12-13-33(53)49-39(31)55/h6-8,10-11,19-23,26,31,46H,4-5,9,12-18H2,1H3,(H2,45,47)(H,49,53,55)/t23-,31?/m1/s1. The van der Waals surface area contributed by atoms with Gasteiger partial charge in [0.25, 0.3) is 11.8 Å². The maximum atomic E-state index is 14.1. The van der Waals surface area contributed by atoms with Crippen LogP contribution in [0.2, 0.25) is 10.0 Å². The zero-order valence-electron chi connectivity index (χ0n) is 31.4. The molecule has 1 unspecified atom stereocenters. The Bertz CT molecular complexity index is 2370. The first-order valence-corrected chi connectivity index (χ1v) is 19.6. The highest BCUT2D eigenvalue weighted by molar-refractivity contribution is 6.36. The van der Waals surface area contributed by atoms with Gasteiger partial charge >= 0.3 is 0 Å². The lowest BCUT2D eigenvalue weighted by atomic mass is 10.0. The number of carbonyl (C=O) groups is 5. The summed E-state index contributed by atoms with van der Waals surface area (Å²) in [5.74, 6) is 3.75. The molecule has 2 atom stereocenters. The van der Waals surface area contributed by atoms with Crippen LogP contribution in [-0.4, -0.2) is 79.8 Å². The predicted octanol–water partition coefficient (Wildman–Crippen LogP) is 5.96. The lowest BCUT2D eigenvalue weighted by Crippen LogP contribution is -2.54. The van der Waals surface area contributed by atoms with Crippen LogP contribution in [0, 0.1) is 17.7 Å². The van der Waals surface area contributed by atoms with Crippen molar-refractivity contribution in [2.45, 2.75) is 70.1 Å². The third kappa shape index (κ3) is 8.34. The Morgan fingerprint density at radius 2 is 1.83 bits per heavy atom. The second-order valence-electron chi connectivity index (χ2n) is 14.2. The molecule has 0 radical (unpaired) electrons. The van der Waals surface area contributed by atoms with Crippen LogP contribution >= 0.6 is 23.2 Å². The van der Waals surface area contributed by atoms with E-state index in [1.165, 1.54) is 12.1 Å². The number of ether oxygens (including phenoxy) is 1. The number of nitrogens with one attached hydrogen (secondary N) is 2. The molecule has 0 aliphatic carbocycles. The summed E-state index contributed by atoms with van der Waals surface area (Å²) in [5, 5.41) is 10.1. The van der Waals surface area contributed by atoms with Gasteiger partial charge in [0.05, 0.1) is 28.4 Å². The Morgan fingerprint density at radius 1 is 1.05 bits per heavy atom. The summed E-state index contributed by atoms with van der Waals surface area (Å²) < 4.78 is 22.1. The van der Waals surface area contributed by atoms with Crippen LogP contribution < -0.4 is 21.1 Å². The monoisotopic (exact) mass is 828 g/mol. The normalized spacial score (nSPS) is 17.4. The van der Waals surface area contributed by atoms with Crippen LogP contribution in [0.1, 0.15) is 90.3 Å². The molecule has 0 spiro atoms. The summed E-state index contributed by atoms with van der Waals surface area (Å²) >= 11 is 12.5. The molecule has 2 saturated heterocycles. The van der Waals surface area contributed by atoms with Crippen molar-refractivity contribution in [2.75, 3.05) is 30.7 Å². The van der Waals surface area contributed by atoms with Gasteiger partial charge < -0.3 is 20.7 Å². The molecule has 0 saturated carbocycles. The van der Waals surface area contributed by atoms with Crippen molar-refractivity contribution < 1.29 is 33.1 Å². The number of nitrogen functional groups attached to an aromatic ring is 1. The van der Waals surface area contributed by atoms with E-state index in [-0.39, 0.29) is 57.5 Å². The molecule has 58 heavy (non-hydrogen) atoms. The fourth-order valence-electron chi connectivity index (χ4n) is 7.37. The number of amides is 5. The van der Waals surface area contributed by atoms with E-state index in [1.54, 1.807) is 43.6 Å². The number of imide groups is 2. The third-order valence-electron chi connectivity index (χ3n) is 10.4. The minimum atomic E-state index is -1.04. The number of carbonyl (C=O) groups excluding carboxylic acids is 5. The molecule has 3 aliphatic heterocycles. The molecule has 300 valence electrons. The van der Waals surface area contributed by atoms with Gasteiger partial charge in [0.1, 0.15) is 18.0 Å². The minimum Gasteiger partial charge on any atom is -0.482 e. The van der Waals surface area contributed by atoms with Crippen LogP contribution in [0.3, 0.4) is 0 Å². The molecule has 5 amide bonds. The number of hydrogen-bond donors (Lipinski definition) is 3. The highest BCUT2D eigenvalue weighted by Gasteiger charge is 2.45. The molecule has 17 heteroatoms. The van der Waals surface area contributed by atoms with Gasteiger partial charge in [-0.1, -0.05) is 29.3 Å². The molecule has 3 aliphatic rings. The number of piperidine rings is 2. The molecular formula is C41H39Cl2FN8O6. The van der Waals surface area contributed by atoms with E-state index in [9.17, 15) is 28.4 Å². The summed E-state index contributed by atoms with van der Waals surface area (Å²) in [5.41, 5.74) is 8.79. The van der Waals surface area contributed by atoms with E-state index in [1.807, 2.05) is 15.8 Å². The fourth-order valence-corrected chi connectivity index (χ4v) is 8.04. The van der Waals surface area contributed by atoms with Gasteiger partial charge in [-0.3, -0.25) is 38.9 Å². The molecule has 4 aromatic rings. The third-order valence-corrected chi connectivity index (χ3v) is 11.1. The average molecular weight is 830 g/mol.